The van der Waals surface area contributed by atoms with Crippen molar-refractivity contribution >= 4 is 21.8 Å². The Hall–Kier alpha value is -0.300. The first-order chi connectivity index (χ1) is 7.88. The van der Waals surface area contributed by atoms with Gasteiger partial charge in [0.15, 0.2) is 0 Å². The zero-order valence-corrected chi connectivity index (χ0v) is 10.9. The van der Waals surface area contributed by atoms with Crippen molar-refractivity contribution in [3.05, 3.63) is 0 Å². The van der Waals surface area contributed by atoms with Gasteiger partial charge in [0, 0.05) is 17.9 Å². The van der Waals surface area contributed by atoms with Crippen molar-refractivity contribution in [2.45, 2.75) is 30.3 Å². The lowest BCUT2D eigenvalue weighted by Gasteiger charge is -2.30. The molecule has 1 aliphatic rings. The van der Waals surface area contributed by atoms with Crippen LogP contribution in [0.5, 0.6) is 0 Å². The monoisotopic (exact) mass is 317 g/mol. The predicted octanol–water partition coefficient (Wildman–Crippen LogP) is 2.34. The van der Waals surface area contributed by atoms with Gasteiger partial charge in [0.1, 0.15) is 6.61 Å². The zero-order valence-electron chi connectivity index (χ0n) is 9.30. The van der Waals surface area contributed by atoms with Gasteiger partial charge in [-0.15, -0.1) is 0 Å². The largest absolute Gasteiger partial charge is 0.411 e. The summed E-state index contributed by atoms with van der Waals surface area (Å²) in [4.78, 5) is 13.6. The number of hydrogen-bond donors (Lipinski definition) is 0. The maximum Gasteiger partial charge on any atom is 0.411 e. The van der Waals surface area contributed by atoms with E-state index in [9.17, 15) is 18.0 Å². The van der Waals surface area contributed by atoms with Gasteiger partial charge < -0.3 is 9.64 Å². The van der Waals surface area contributed by atoms with E-state index in [2.05, 4.69) is 20.7 Å². The van der Waals surface area contributed by atoms with Gasteiger partial charge in [-0.25, -0.2) is 0 Å². The third-order valence-corrected chi connectivity index (χ3v) is 3.19. The summed E-state index contributed by atoms with van der Waals surface area (Å²) < 4.78 is 39.7. The molecule has 3 nitrogen and oxygen atoms in total. The minimum atomic E-state index is -4.32. The predicted molar refractivity (Wildman–Crippen MR) is 60.0 cm³/mol. The SMILES string of the molecule is O=C(CCOCC(F)(F)F)N1CCCC(Br)C1. The Morgan fingerprint density at radius 2 is 2.18 bits per heavy atom. The first-order valence-electron chi connectivity index (χ1n) is 5.45. The van der Waals surface area contributed by atoms with Gasteiger partial charge in [-0.1, -0.05) is 15.9 Å². The van der Waals surface area contributed by atoms with Crippen LogP contribution in [0.4, 0.5) is 13.2 Å². The molecular weight excluding hydrogens is 303 g/mol. The second-order valence-electron chi connectivity index (χ2n) is 4.00. The van der Waals surface area contributed by atoms with Crippen LogP contribution in [0, 0.1) is 0 Å². The van der Waals surface area contributed by atoms with E-state index in [-0.39, 0.29) is 23.8 Å². The fraction of sp³-hybridized carbons (Fsp3) is 0.900. The van der Waals surface area contributed by atoms with Crippen molar-refractivity contribution < 1.29 is 22.7 Å². The molecule has 0 saturated carbocycles. The smallest absolute Gasteiger partial charge is 0.372 e. The summed E-state index contributed by atoms with van der Waals surface area (Å²) in [6, 6.07) is 0. The Bertz CT molecular complexity index is 260. The average molecular weight is 318 g/mol. The lowest BCUT2D eigenvalue weighted by molar-refractivity contribution is -0.175. The number of alkyl halides is 4. The Kier molecular flexibility index (Phi) is 5.72. The summed E-state index contributed by atoms with van der Waals surface area (Å²) in [5.41, 5.74) is 0. The summed E-state index contributed by atoms with van der Waals surface area (Å²) in [7, 11) is 0. The van der Waals surface area contributed by atoms with Crippen molar-refractivity contribution in [1.29, 1.82) is 0 Å². The number of amides is 1. The van der Waals surface area contributed by atoms with Crippen molar-refractivity contribution in [2.24, 2.45) is 0 Å². The molecular formula is C10H15BrF3NO2. The van der Waals surface area contributed by atoms with E-state index < -0.39 is 12.8 Å². The molecule has 1 saturated heterocycles. The van der Waals surface area contributed by atoms with E-state index in [1.807, 2.05) is 0 Å². The highest BCUT2D eigenvalue weighted by molar-refractivity contribution is 9.09. The van der Waals surface area contributed by atoms with Gasteiger partial charge >= 0.3 is 6.18 Å². The highest BCUT2D eigenvalue weighted by atomic mass is 79.9. The summed E-state index contributed by atoms with van der Waals surface area (Å²) >= 11 is 3.43. The number of carbonyl (C=O) groups is 1. The standard InChI is InChI=1S/C10H15BrF3NO2/c11-8-2-1-4-15(6-8)9(16)3-5-17-7-10(12,13)14/h8H,1-7H2. The maximum atomic E-state index is 11.8. The fourth-order valence-corrected chi connectivity index (χ4v) is 2.33. The lowest BCUT2D eigenvalue weighted by atomic mass is 10.1. The van der Waals surface area contributed by atoms with Gasteiger partial charge in [0.2, 0.25) is 5.91 Å². The first-order valence-corrected chi connectivity index (χ1v) is 6.36. The molecule has 0 aromatic carbocycles. The summed E-state index contributed by atoms with van der Waals surface area (Å²) in [6.07, 6.45) is -2.37. The summed E-state index contributed by atoms with van der Waals surface area (Å²) in [5.74, 6) is -0.142. The van der Waals surface area contributed by atoms with Crippen LogP contribution in [0.2, 0.25) is 0 Å². The van der Waals surface area contributed by atoms with Crippen LogP contribution in [0.3, 0.4) is 0 Å². The molecule has 17 heavy (non-hydrogen) atoms. The third kappa shape index (κ3) is 6.26. The number of halogens is 4. The lowest BCUT2D eigenvalue weighted by Crippen LogP contribution is -2.40. The minimum absolute atomic E-state index is 0.00972. The number of likely N-dealkylation sites (tertiary alicyclic amines) is 1. The number of hydrogen-bond acceptors (Lipinski definition) is 2. The molecule has 1 heterocycles. The first kappa shape index (κ1) is 14.8. The number of carbonyl (C=O) groups excluding carboxylic acids is 1. The Labute approximate surface area is 106 Å². The maximum absolute atomic E-state index is 11.8. The summed E-state index contributed by atoms with van der Waals surface area (Å²) in [6.45, 7) is -0.165. The van der Waals surface area contributed by atoms with Crippen LogP contribution in [0.25, 0.3) is 0 Å². The van der Waals surface area contributed by atoms with Gasteiger partial charge in [-0.05, 0) is 12.8 Å². The molecule has 1 rings (SSSR count). The molecule has 0 N–H and O–H groups in total. The minimum Gasteiger partial charge on any atom is -0.372 e. The second-order valence-corrected chi connectivity index (χ2v) is 5.29. The molecule has 100 valence electrons. The highest BCUT2D eigenvalue weighted by Gasteiger charge is 2.27. The van der Waals surface area contributed by atoms with Crippen LogP contribution >= 0.6 is 15.9 Å². The van der Waals surface area contributed by atoms with E-state index in [4.69, 9.17) is 0 Å². The molecule has 0 bridgehead atoms. The number of nitrogens with zero attached hydrogens (tertiary/aromatic N) is 1. The second kappa shape index (κ2) is 6.58. The van der Waals surface area contributed by atoms with Crippen LogP contribution in [0.1, 0.15) is 19.3 Å². The Morgan fingerprint density at radius 1 is 1.47 bits per heavy atom. The molecule has 0 spiro atoms. The molecule has 0 aromatic heterocycles. The average Bonchev–Trinajstić information content (AvgIpc) is 2.23. The molecule has 1 aliphatic heterocycles. The third-order valence-electron chi connectivity index (χ3n) is 2.44. The molecule has 1 amide bonds. The topological polar surface area (TPSA) is 29.5 Å². The fourth-order valence-electron chi connectivity index (χ4n) is 1.66. The Morgan fingerprint density at radius 3 is 2.76 bits per heavy atom. The van der Waals surface area contributed by atoms with Crippen molar-refractivity contribution in [1.82, 2.24) is 4.90 Å². The van der Waals surface area contributed by atoms with E-state index in [1.165, 1.54) is 0 Å². The quantitative estimate of drug-likeness (QED) is 0.588. The molecule has 0 radical (unpaired) electrons. The molecule has 1 fully saturated rings. The van der Waals surface area contributed by atoms with E-state index in [1.54, 1.807) is 4.90 Å². The van der Waals surface area contributed by atoms with Crippen LogP contribution in [0.15, 0.2) is 0 Å². The number of rotatable bonds is 4. The van der Waals surface area contributed by atoms with Gasteiger partial charge in [0.05, 0.1) is 13.0 Å². The van der Waals surface area contributed by atoms with Crippen molar-refractivity contribution in [3.63, 3.8) is 0 Å². The highest BCUT2D eigenvalue weighted by Crippen LogP contribution is 2.18. The van der Waals surface area contributed by atoms with E-state index in [0.29, 0.717) is 13.1 Å². The summed E-state index contributed by atoms with van der Waals surface area (Å²) in [5, 5.41) is 0. The van der Waals surface area contributed by atoms with Crippen molar-refractivity contribution in [3.8, 4) is 0 Å². The van der Waals surface area contributed by atoms with E-state index in [0.717, 1.165) is 12.8 Å². The number of piperidine rings is 1. The van der Waals surface area contributed by atoms with E-state index >= 15 is 0 Å². The van der Waals surface area contributed by atoms with Gasteiger partial charge in [0.25, 0.3) is 0 Å². The van der Waals surface area contributed by atoms with Crippen molar-refractivity contribution in [2.75, 3.05) is 26.3 Å². The molecule has 1 unspecified atom stereocenters. The number of ether oxygens (including phenoxy) is 1. The zero-order chi connectivity index (χ0) is 12.9. The normalized spacial score (nSPS) is 21.6. The molecule has 0 aromatic rings. The van der Waals surface area contributed by atoms with Crippen LogP contribution in [-0.4, -0.2) is 48.1 Å². The van der Waals surface area contributed by atoms with Crippen LogP contribution < -0.4 is 0 Å². The van der Waals surface area contributed by atoms with Crippen LogP contribution in [-0.2, 0) is 9.53 Å². The molecule has 0 aliphatic carbocycles. The molecule has 7 heteroatoms. The van der Waals surface area contributed by atoms with Gasteiger partial charge in [-0.2, -0.15) is 13.2 Å². The van der Waals surface area contributed by atoms with Gasteiger partial charge in [-0.3, -0.25) is 4.79 Å². The Balaban J connectivity index is 2.16. The molecule has 1 atom stereocenters.